The standard InChI is InChI=1S/C10H7BrF3IO/c11-5-7(16)3-6-1-2-9(15)8(4-6)10(12,13)14/h1-2,4H,3,5H2. The third-order valence-electron chi connectivity index (χ3n) is 1.89. The lowest BCUT2D eigenvalue weighted by molar-refractivity contribution is -0.138. The number of carbonyl (C=O) groups excluding carboxylic acids is 1. The Labute approximate surface area is 113 Å². The lowest BCUT2D eigenvalue weighted by atomic mass is 10.1. The van der Waals surface area contributed by atoms with Gasteiger partial charge in [0.15, 0.2) is 0 Å². The van der Waals surface area contributed by atoms with Gasteiger partial charge < -0.3 is 0 Å². The molecular weight excluding hydrogens is 400 g/mol. The zero-order valence-electron chi connectivity index (χ0n) is 7.94. The highest BCUT2D eigenvalue weighted by atomic mass is 127. The molecule has 0 saturated carbocycles. The number of hydrogen-bond acceptors (Lipinski definition) is 1. The number of benzene rings is 1. The molecule has 88 valence electrons. The Hall–Kier alpha value is -0.110. The summed E-state index contributed by atoms with van der Waals surface area (Å²) in [5.74, 6) is -0.144. The highest BCUT2D eigenvalue weighted by molar-refractivity contribution is 14.1. The SMILES string of the molecule is O=C(CBr)Cc1ccc(I)c(C(F)(F)F)c1. The number of rotatable bonds is 3. The van der Waals surface area contributed by atoms with Crippen molar-refractivity contribution in [3.05, 3.63) is 32.9 Å². The highest BCUT2D eigenvalue weighted by Gasteiger charge is 2.33. The van der Waals surface area contributed by atoms with Gasteiger partial charge in [-0.05, 0) is 40.3 Å². The Bertz CT molecular complexity index is 404. The first-order valence-electron chi connectivity index (χ1n) is 4.28. The van der Waals surface area contributed by atoms with Crippen LogP contribution in [0.1, 0.15) is 11.1 Å². The third-order valence-corrected chi connectivity index (χ3v) is 3.45. The van der Waals surface area contributed by atoms with Crippen molar-refractivity contribution in [1.82, 2.24) is 0 Å². The predicted molar refractivity (Wildman–Crippen MR) is 66.7 cm³/mol. The molecule has 0 fully saturated rings. The van der Waals surface area contributed by atoms with Gasteiger partial charge in [-0.1, -0.05) is 22.0 Å². The van der Waals surface area contributed by atoms with Crippen LogP contribution in [-0.4, -0.2) is 11.1 Å². The molecule has 1 rings (SSSR count). The van der Waals surface area contributed by atoms with Gasteiger partial charge in [0, 0.05) is 9.99 Å². The normalized spacial score (nSPS) is 11.6. The van der Waals surface area contributed by atoms with E-state index in [2.05, 4.69) is 15.9 Å². The van der Waals surface area contributed by atoms with Crippen molar-refractivity contribution < 1.29 is 18.0 Å². The summed E-state index contributed by atoms with van der Waals surface area (Å²) in [7, 11) is 0. The number of Topliss-reactive ketones (excluding diaryl/α,β-unsaturated/α-hetero) is 1. The summed E-state index contributed by atoms with van der Waals surface area (Å²) in [5.41, 5.74) is -0.301. The van der Waals surface area contributed by atoms with Crippen molar-refractivity contribution in [2.75, 3.05) is 5.33 Å². The van der Waals surface area contributed by atoms with Crippen LogP contribution in [0.2, 0.25) is 0 Å². The first-order valence-corrected chi connectivity index (χ1v) is 6.48. The zero-order chi connectivity index (χ0) is 12.3. The summed E-state index contributed by atoms with van der Waals surface area (Å²) in [6.45, 7) is 0. The van der Waals surface area contributed by atoms with Crippen LogP contribution in [-0.2, 0) is 17.4 Å². The minimum Gasteiger partial charge on any atom is -0.298 e. The van der Waals surface area contributed by atoms with Crippen molar-refractivity contribution in [3.63, 3.8) is 0 Å². The molecule has 16 heavy (non-hydrogen) atoms. The lowest BCUT2D eigenvalue weighted by Gasteiger charge is -2.10. The Morgan fingerprint density at radius 2 is 2.00 bits per heavy atom. The monoisotopic (exact) mass is 406 g/mol. The fourth-order valence-corrected chi connectivity index (χ4v) is 2.01. The quantitative estimate of drug-likeness (QED) is 0.551. The molecule has 0 aliphatic carbocycles. The minimum atomic E-state index is -4.37. The molecule has 0 aromatic heterocycles. The summed E-state index contributed by atoms with van der Waals surface area (Å²) >= 11 is 4.60. The molecule has 6 heteroatoms. The number of hydrogen-bond donors (Lipinski definition) is 0. The molecule has 0 aliphatic heterocycles. The molecule has 0 aliphatic rings. The topological polar surface area (TPSA) is 17.1 Å². The molecule has 1 aromatic rings. The molecule has 1 aromatic carbocycles. The Morgan fingerprint density at radius 3 is 2.50 bits per heavy atom. The van der Waals surface area contributed by atoms with Crippen molar-refractivity contribution >= 4 is 44.3 Å². The van der Waals surface area contributed by atoms with E-state index in [-0.39, 0.29) is 21.1 Å². The van der Waals surface area contributed by atoms with Crippen LogP contribution in [0, 0.1) is 3.57 Å². The molecule has 0 unspecified atom stereocenters. The fraction of sp³-hybridized carbons (Fsp3) is 0.300. The molecular formula is C10H7BrF3IO. The first-order chi connectivity index (χ1) is 7.34. The number of ketones is 1. The summed E-state index contributed by atoms with van der Waals surface area (Å²) in [6, 6.07) is 3.94. The van der Waals surface area contributed by atoms with Crippen LogP contribution in [0.25, 0.3) is 0 Å². The number of carbonyl (C=O) groups is 1. The van der Waals surface area contributed by atoms with E-state index in [0.717, 1.165) is 6.07 Å². The largest absolute Gasteiger partial charge is 0.417 e. The molecule has 0 heterocycles. The summed E-state index contributed by atoms with van der Waals surface area (Å²) < 4.78 is 37.8. The molecule has 0 radical (unpaired) electrons. The van der Waals surface area contributed by atoms with Gasteiger partial charge in [0.05, 0.1) is 10.9 Å². The second kappa shape index (κ2) is 5.48. The Kier molecular flexibility index (Phi) is 4.78. The average molecular weight is 407 g/mol. The predicted octanol–water partition coefficient (Wildman–Crippen LogP) is 3.82. The van der Waals surface area contributed by atoms with Crippen molar-refractivity contribution in [2.24, 2.45) is 0 Å². The van der Waals surface area contributed by atoms with E-state index in [1.54, 1.807) is 22.6 Å². The van der Waals surface area contributed by atoms with Crippen LogP contribution in [0.15, 0.2) is 18.2 Å². The van der Waals surface area contributed by atoms with E-state index in [9.17, 15) is 18.0 Å². The summed E-state index contributed by atoms with van der Waals surface area (Å²) in [5, 5.41) is 0.153. The maximum atomic E-state index is 12.5. The fourth-order valence-electron chi connectivity index (χ4n) is 1.17. The van der Waals surface area contributed by atoms with Gasteiger partial charge in [-0.15, -0.1) is 0 Å². The molecule has 0 amide bonds. The van der Waals surface area contributed by atoms with Gasteiger partial charge in [0.1, 0.15) is 5.78 Å². The molecule has 0 N–H and O–H groups in total. The Morgan fingerprint density at radius 1 is 1.38 bits per heavy atom. The van der Waals surface area contributed by atoms with Crippen LogP contribution in [0.4, 0.5) is 13.2 Å². The van der Waals surface area contributed by atoms with Gasteiger partial charge >= 0.3 is 6.18 Å². The van der Waals surface area contributed by atoms with E-state index in [0.29, 0.717) is 5.56 Å². The van der Waals surface area contributed by atoms with Crippen LogP contribution in [0.3, 0.4) is 0 Å². The lowest BCUT2D eigenvalue weighted by Crippen LogP contribution is -2.10. The van der Waals surface area contributed by atoms with Crippen LogP contribution < -0.4 is 0 Å². The molecule has 0 spiro atoms. The Balaban J connectivity index is 3.03. The van der Waals surface area contributed by atoms with Gasteiger partial charge in [-0.25, -0.2) is 0 Å². The van der Waals surface area contributed by atoms with E-state index < -0.39 is 11.7 Å². The van der Waals surface area contributed by atoms with Gasteiger partial charge in [0.2, 0.25) is 0 Å². The van der Waals surface area contributed by atoms with Crippen molar-refractivity contribution in [3.8, 4) is 0 Å². The van der Waals surface area contributed by atoms with Gasteiger partial charge in [0.25, 0.3) is 0 Å². The number of halogens is 5. The molecule has 1 nitrogen and oxygen atoms in total. The zero-order valence-corrected chi connectivity index (χ0v) is 11.7. The van der Waals surface area contributed by atoms with E-state index >= 15 is 0 Å². The summed E-state index contributed by atoms with van der Waals surface area (Å²) in [4.78, 5) is 11.1. The first kappa shape index (κ1) is 14.0. The maximum Gasteiger partial charge on any atom is 0.417 e. The maximum absolute atomic E-state index is 12.5. The van der Waals surface area contributed by atoms with E-state index in [1.807, 2.05) is 0 Å². The van der Waals surface area contributed by atoms with Gasteiger partial charge in [-0.2, -0.15) is 13.2 Å². The molecule has 0 atom stereocenters. The van der Waals surface area contributed by atoms with Crippen molar-refractivity contribution in [2.45, 2.75) is 12.6 Å². The second-order valence-corrected chi connectivity index (χ2v) is 4.88. The second-order valence-electron chi connectivity index (χ2n) is 3.16. The summed E-state index contributed by atoms with van der Waals surface area (Å²) in [6.07, 6.45) is -4.35. The molecule has 0 bridgehead atoms. The number of alkyl halides is 4. The average Bonchev–Trinajstić information content (AvgIpc) is 2.19. The van der Waals surface area contributed by atoms with E-state index in [4.69, 9.17) is 0 Å². The smallest absolute Gasteiger partial charge is 0.298 e. The van der Waals surface area contributed by atoms with Crippen LogP contribution >= 0.6 is 38.5 Å². The highest BCUT2D eigenvalue weighted by Crippen LogP contribution is 2.33. The third kappa shape index (κ3) is 3.73. The van der Waals surface area contributed by atoms with Gasteiger partial charge in [-0.3, -0.25) is 4.79 Å². The van der Waals surface area contributed by atoms with Crippen LogP contribution in [0.5, 0.6) is 0 Å². The van der Waals surface area contributed by atoms with Crippen molar-refractivity contribution in [1.29, 1.82) is 0 Å². The van der Waals surface area contributed by atoms with E-state index in [1.165, 1.54) is 12.1 Å². The minimum absolute atomic E-state index is 0.0191. The molecule has 0 saturated heterocycles.